The fourth-order valence-electron chi connectivity index (χ4n) is 2.76. The highest BCUT2D eigenvalue weighted by Gasteiger charge is 2.22. The second-order valence-electron chi connectivity index (χ2n) is 6.65. The number of hydrogen-bond acceptors (Lipinski definition) is 7. The molecule has 0 aliphatic heterocycles. The molecular formula is C19H19N5O5. The Morgan fingerprint density at radius 3 is 2.59 bits per heavy atom. The monoisotopic (exact) mass is 397 g/mol. The lowest BCUT2D eigenvalue weighted by atomic mass is 10.0. The second kappa shape index (κ2) is 7.58. The number of nitrogens with one attached hydrogen (secondary N) is 1. The van der Waals surface area contributed by atoms with Gasteiger partial charge in [-0.1, -0.05) is 5.16 Å². The largest absolute Gasteiger partial charge is 0.501 e. The van der Waals surface area contributed by atoms with Gasteiger partial charge >= 0.3 is 0 Å². The quantitative estimate of drug-likeness (QED) is 0.680. The normalized spacial score (nSPS) is 10.6. The average Bonchev–Trinajstić information content (AvgIpc) is 3.18. The molecule has 0 saturated carbocycles. The Morgan fingerprint density at radius 2 is 1.97 bits per heavy atom. The summed E-state index contributed by atoms with van der Waals surface area (Å²) in [5.74, 6) is -1.69. The van der Waals surface area contributed by atoms with Gasteiger partial charge < -0.3 is 19.8 Å². The Kier molecular flexibility index (Phi) is 5.18. The van der Waals surface area contributed by atoms with E-state index in [1.165, 1.54) is 24.4 Å². The summed E-state index contributed by atoms with van der Waals surface area (Å²) in [6.07, 6.45) is 2.45. The predicted molar refractivity (Wildman–Crippen MR) is 104 cm³/mol. The number of rotatable bonds is 4. The SMILES string of the molecule is Cc1cc(C(=O)N(C)C)cc(-c2nc(C(=O)Nc3cnoc3)c(O)c(=O)n2C)c1. The lowest BCUT2D eigenvalue weighted by Crippen LogP contribution is -2.25. The number of aromatic nitrogens is 3. The molecule has 150 valence electrons. The first-order valence-electron chi connectivity index (χ1n) is 8.53. The third-order valence-electron chi connectivity index (χ3n) is 4.16. The molecule has 3 aromatic rings. The number of aromatic hydroxyl groups is 1. The molecule has 10 heteroatoms. The lowest BCUT2D eigenvalue weighted by Gasteiger charge is -2.15. The Morgan fingerprint density at radius 1 is 1.24 bits per heavy atom. The van der Waals surface area contributed by atoms with Crippen molar-refractivity contribution in [2.75, 3.05) is 19.4 Å². The summed E-state index contributed by atoms with van der Waals surface area (Å²) in [6, 6.07) is 5.02. The van der Waals surface area contributed by atoms with E-state index in [-0.39, 0.29) is 17.4 Å². The van der Waals surface area contributed by atoms with E-state index in [1.54, 1.807) is 39.2 Å². The summed E-state index contributed by atoms with van der Waals surface area (Å²) >= 11 is 0. The minimum absolute atomic E-state index is 0.125. The Bertz CT molecular complexity index is 1150. The summed E-state index contributed by atoms with van der Waals surface area (Å²) in [5.41, 5.74) is 0.619. The van der Waals surface area contributed by atoms with Crippen LogP contribution in [0.15, 0.2) is 40.0 Å². The molecule has 29 heavy (non-hydrogen) atoms. The number of nitrogens with zero attached hydrogens (tertiary/aromatic N) is 4. The van der Waals surface area contributed by atoms with Crippen molar-refractivity contribution in [1.29, 1.82) is 0 Å². The number of benzene rings is 1. The molecule has 0 atom stereocenters. The molecule has 10 nitrogen and oxygen atoms in total. The van der Waals surface area contributed by atoms with Crippen molar-refractivity contribution < 1.29 is 19.2 Å². The van der Waals surface area contributed by atoms with Gasteiger partial charge in [0.1, 0.15) is 17.8 Å². The zero-order valence-electron chi connectivity index (χ0n) is 16.3. The van der Waals surface area contributed by atoms with Gasteiger partial charge in [0.15, 0.2) is 5.69 Å². The highest BCUT2D eigenvalue weighted by molar-refractivity contribution is 6.04. The molecule has 2 amide bonds. The minimum Gasteiger partial charge on any atom is -0.501 e. The average molecular weight is 397 g/mol. The zero-order valence-corrected chi connectivity index (χ0v) is 16.3. The topological polar surface area (TPSA) is 131 Å². The molecule has 3 rings (SSSR count). The van der Waals surface area contributed by atoms with Crippen molar-refractivity contribution in [1.82, 2.24) is 19.6 Å². The lowest BCUT2D eigenvalue weighted by molar-refractivity contribution is 0.0827. The number of carbonyl (C=O) groups excluding carboxylic acids is 2. The van der Waals surface area contributed by atoms with Gasteiger partial charge in [0.25, 0.3) is 17.4 Å². The molecule has 0 aliphatic carbocycles. The van der Waals surface area contributed by atoms with E-state index in [0.29, 0.717) is 11.1 Å². The summed E-state index contributed by atoms with van der Waals surface area (Å²) in [6.45, 7) is 1.80. The molecule has 0 bridgehead atoms. The van der Waals surface area contributed by atoms with Crippen molar-refractivity contribution in [2.24, 2.45) is 7.05 Å². The third kappa shape index (κ3) is 3.86. The fraction of sp³-hybridized carbons (Fsp3) is 0.211. The van der Waals surface area contributed by atoms with Crippen LogP contribution in [-0.4, -0.2) is 50.6 Å². The van der Waals surface area contributed by atoms with E-state index in [9.17, 15) is 19.5 Å². The van der Waals surface area contributed by atoms with Gasteiger partial charge in [0, 0.05) is 32.3 Å². The van der Waals surface area contributed by atoms with Crippen molar-refractivity contribution in [3.63, 3.8) is 0 Å². The van der Waals surface area contributed by atoms with Crippen molar-refractivity contribution in [2.45, 2.75) is 6.92 Å². The van der Waals surface area contributed by atoms with Crippen LogP contribution in [0, 0.1) is 6.92 Å². The van der Waals surface area contributed by atoms with Crippen molar-refractivity contribution in [3.05, 3.63) is 57.8 Å². The first kappa shape index (κ1) is 19.8. The van der Waals surface area contributed by atoms with E-state index in [4.69, 9.17) is 0 Å². The summed E-state index contributed by atoms with van der Waals surface area (Å²) in [4.78, 5) is 43.0. The minimum atomic E-state index is -0.804. The van der Waals surface area contributed by atoms with Crippen LogP contribution in [0.4, 0.5) is 5.69 Å². The number of carbonyl (C=O) groups is 2. The number of anilines is 1. The fourth-order valence-corrected chi connectivity index (χ4v) is 2.76. The summed E-state index contributed by atoms with van der Waals surface area (Å²) < 4.78 is 5.75. The summed E-state index contributed by atoms with van der Waals surface area (Å²) in [5, 5.41) is 16.1. The molecule has 2 N–H and O–H groups in total. The van der Waals surface area contributed by atoms with Crippen LogP contribution in [0.3, 0.4) is 0 Å². The summed E-state index contributed by atoms with van der Waals surface area (Å²) in [7, 11) is 4.68. The zero-order chi connectivity index (χ0) is 21.3. The Balaban J connectivity index is 2.13. The molecular weight excluding hydrogens is 378 g/mol. The second-order valence-corrected chi connectivity index (χ2v) is 6.65. The van der Waals surface area contributed by atoms with Gasteiger partial charge in [-0.15, -0.1) is 0 Å². The highest BCUT2D eigenvalue weighted by Crippen LogP contribution is 2.23. The van der Waals surface area contributed by atoms with E-state index >= 15 is 0 Å². The van der Waals surface area contributed by atoms with Gasteiger partial charge in [-0.25, -0.2) is 4.98 Å². The maximum Gasteiger partial charge on any atom is 0.296 e. The Hall–Kier alpha value is -3.95. The van der Waals surface area contributed by atoms with Crippen LogP contribution < -0.4 is 10.9 Å². The number of aryl methyl sites for hydroxylation is 1. The molecule has 2 heterocycles. The van der Waals surface area contributed by atoms with Crippen molar-refractivity contribution >= 4 is 17.5 Å². The molecule has 0 fully saturated rings. The van der Waals surface area contributed by atoms with Crippen LogP contribution in [0.25, 0.3) is 11.4 Å². The number of hydrogen-bond donors (Lipinski definition) is 2. The predicted octanol–water partition coefficient (Wildman–Crippen LogP) is 1.40. The highest BCUT2D eigenvalue weighted by atomic mass is 16.5. The molecule has 1 aromatic carbocycles. The maximum atomic E-state index is 12.5. The molecule has 0 aliphatic rings. The van der Waals surface area contributed by atoms with E-state index < -0.39 is 22.9 Å². The molecule has 0 spiro atoms. The standard InChI is InChI=1S/C19H19N5O5/c1-10-5-11(7-12(6-10)18(27)23(2)3)16-22-14(15(25)19(28)24(16)4)17(26)21-13-8-20-29-9-13/h5-9,25H,1-4H3,(H,21,26). The Labute approximate surface area is 165 Å². The van der Waals surface area contributed by atoms with E-state index in [1.807, 2.05) is 0 Å². The molecule has 2 aromatic heterocycles. The van der Waals surface area contributed by atoms with E-state index in [2.05, 4.69) is 20.0 Å². The van der Waals surface area contributed by atoms with Crippen molar-refractivity contribution in [3.8, 4) is 17.1 Å². The number of amides is 2. The first-order valence-corrected chi connectivity index (χ1v) is 8.53. The van der Waals surface area contributed by atoms with Crippen LogP contribution in [0.1, 0.15) is 26.4 Å². The van der Waals surface area contributed by atoms with Gasteiger partial charge in [-0.05, 0) is 30.7 Å². The van der Waals surface area contributed by atoms with Crippen LogP contribution in [0.5, 0.6) is 5.75 Å². The van der Waals surface area contributed by atoms with Crippen LogP contribution in [-0.2, 0) is 7.05 Å². The molecule has 0 saturated heterocycles. The molecule has 0 radical (unpaired) electrons. The first-order chi connectivity index (χ1) is 13.7. The van der Waals surface area contributed by atoms with Gasteiger partial charge in [-0.2, -0.15) is 0 Å². The third-order valence-corrected chi connectivity index (χ3v) is 4.16. The van der Waals surface area contributed by atoms with Crippen LogP contribution >= 0.6 is 0 Å². The smallest absolute Gasteiger partial charge is 0.296 e. The maximum absolute atomic E-state index is 12.5. The van der Waals surface area contributed by atoms with Crippen LogP contribution in [0.2, 0.25) is 0 Å². The molecule has 0 unspecified atom stereocenters. The van der Waals surface area contributed by atoms with Gasteiger partial charge in [-0.3, -0.25) is 19.0 Å². The van der Waals surface area contributed by atoms with E-state index in [0.717, 1.165) is 10.1 Å². The van der Waals surface area contributed by atoms with Gasteiger partial charge in [0.2, 0.25) is 5.75 Å². The van der Waals surface area contributed by atoms with Gasteiger partial charge in [0.05, 0.1) is 6.20 Å².